The minimum atomic E-state index is -0.804. The molecule has 2 amide bonds. The van der Waals surface area contributed by atoms with Crippen LogP contribution < -0.4 is 5.32 Å². The minimum absolute atomic E-state index is 0.0722. The van der Waals surface area contributed by atoms with Crippen LogP contribution in [0.5, 0.6) is 0 Å². The maximum atomic E-state index is 12.5. The quantitative estimate of drug-likeness (QED) is 0.879. The lowest BCUT2D eigenvalue weighted by Gasteiger charge is -2.36. The molecular weight excluding hydrogens is 300 g/mol. The summed E-state index contributed by atoms with van der Waals surface area (Å²) < 4.78 is 0. The maximum Gasteiger partial charge on any atom is 0.317 e. The van der Waals surface area contributed by atoms with E-state index in [2.05, 4.69) is 16.8 Å². The number of rotatable bonds is 2. The number of amides is 2. The third-order valence-electron chi connectivity index (χ3n) is 4.65. The van der Waals surface area contributed by atoms with Gasteiger partial charge >= 0.3 is 12.0 Å². The molecule has 1 aliphatic heterocycles. The van der Waals surface area contributed by atoms with E-state index in [0.717, 1.165) is 19.3 Å². The lowest BCUT2D eigenvalue weighted by atomic mass is 9.90. The number of carboxylic acid groups (broad SMARTS) is 1. The molecule has 120 valence electrons. The summed E-state index contributed by atoms with van der Waals surface area (Å²) in [6, 6.07) is 2.05. The highest BCUT2D eigenvalue weighted by molar-refractivity contribution is 7.10. The van der Waals surface area contributed by atoms with Gasteiger partial charge in [-0.2, -0.15) is 0 Å². The molecule has 22 heavy (non-hydrogen) atoms. The average molecular weight is 322 g/mol. The molecule has 3 atom stereocenters. The molecule has 6 heteroatoms. The van der Waals surface area contributed by atoms with Crippen molar-refractivity contribution in [1.29, 1.82) is 0 Å². The van der Waals surface area contributed by atoms with E-state index < -0.39 is 11.9 Å². The number of hydrogen-bond donors (Lipinski definition) is 2. The summed E-state index contributed by atoms with van der Waals surface area (Å²) in [7, 11) is 0. The van der Waals surface area contributed by atoms with Crippen LogP contribution in [0.1, 0.15) is 42.7 Å². The van der Waals surface area contributed by atoms with Gasteiger partial charge < -0.3 is 15.3 Å². The Balaban J connectivity index is 1.66. The highest BCUT2D eigenvalue weighted by Gasteiger charge is 2.33. The summed E-state index contributed by atoms with van der Waals surface area (Å²) in [5, 5.41) is 14.4. The molecule has 3 rings (SSSR count). The number of aryl methyl sites for hydroxylation is 1. The molecule has 0 saturated carbocycles. The molecule has 0 spiro atoms. The number of carbonyl (C=O) groups excluding carboxylic acids is 1. The van der Waals surface area contributed by atoms with Gasteiger partial charge in [0.15, 0.2) is 0 Å². The van der Waals surface area contributed by atoms with Crippen LogP contribution in [-0.4, -0.2) is 35.1 Å². The first-order valence-electron chi connectivity index (χ1n) is 7.89. The van der Waals surface area contributed by atoms with E-state index in [4.69, 9.17) is 0 Å². The largest absolute Gasteiger partial charge is 0.481 e. The Morgan fingerprint density at radius 3 is 3.00 bits per heavy atom. The van der Waals surface area contributed by atoms with Gasteiger partial charge in [-0.3, -0.25) is 4.79 Å². The number of aliphatic carboxylic acids is 1. The van der Waals surface area contributed by atoms with Gasteiger partial charge in [0.05, 0.1) is 12.0 Å². The van der Waals surface area contributed by atoms with Gasteiger partial charge in [0.2, 0.25) is 0 Å². The number of piperidine rings is 1. The second-order valence-electron chi connectivity index (χ2n) is 6.47. The van der Waals surface area contributed by atoms with E-state index in [1.54, 1.807) is 16.2 Å². The Kier molecular flexibility index (Phi) is 4.38. The molecule has 0 aromatic carbocycles. The first-order valence-corrected chi connectivity index (χ1v) is 8.77. The van der Waals surface area contributed by atoms with Crippen LogP contribution in [-0.2, 0) is 11.2 Å². The zero-order valence-electron chi connectivity index (χ0n) is 12.7. The third-order valence-corrected chi connectivity index (χ3v) is 5.64. The summed E-state index contributed by atoms with van der Waals surface area (Å²) in [6.45, 7) is 2.96. The number of carboxylic acids is 1. The fourth-order valence-electron chi connectivity index (χ4n) is 3.57. The standard InChI is InChI=1S/C16H22N2O3S/c1-10-7-11(15(19)20)9-18(8-10)16(21)17-13-3-2-4-14-12(13)5-6-22-14/h5-6,10-11,13H,2-4,7-9H2,1H3,(H,17,21)(H,19,20). The molecule has 2 heterocycles. The lowest BCUT2D eigenvalue weighted by Crippen LogP contribution is -2.50. The summed E-state index contributed by atoms with van der Waals surface area (Å²) in [5.41, 5.74) is 1.24. The summed E-state index contributed by atoms with van der Waals surface area (Å²) in [5.74, 6) is -1.02. The molecule has 1 aromatic heterocycles. The van der Waals surface area contributed by atoms with Gasteiger partial charge in [0.25, 0.3) is 0 Å². The Hall–Kier alpha value is -1.56. The van der Waals surface area contributed by atoms with Crippen LogP contribution in [0.3, 0.4) is 0 Å². The van der Waals surface area contributed by atoms with Gasteiger partial charge in [-0.25, -0.2) is 4.79 Å². The first-order chi connectivity index (χ1) is 10.5. The molecule has 0 radical (unpaired) electrons. The van der Waals surface area contributed by atoms with Gasteiger partial charge in [0.1, 0.15) is 0 Å². The number of nitrogens with zero attached hydrogens (tertiary/aromatic N) is 1. The van der Waals surface area contributed by atoms with Gasteiger partial charge in [0, 0.05) is 18.0 Å². The lowest BCUT2D eigenvalue weighted by molar-refractivity contribution is -0.143. The number of fused-ring (bicyclic) bond motifs is 1. The van der Waals surface area contributed by atoms with Crippen molar-refractivity contribution in [3.63, 3.8) is 0 Å². The van der Waals surface area contributed by atoms with Crippen LogP contribution in [0, 0.1) is 11.8 Å². The third kappa shape index (κ3) is 3.11. The van der Waals surface area contributed by atoms with Gasteiger partial charge in [-0.15, -0.1) is 11.3 Å². The minimum Gasteiger partial charge on any atom is -0.481 e. The number of nitrogens with one attached hydrogen (secondary N) is 1. The van der Waals surface area contributed by atoms with Crippen molar-refractivity contribution in [2.45, 2.75) is 38.6 Å². The highest BCUT2D eigenvalue weighted by Crippen LogP contribution is 2.33. The van der Waals surface area contributed by atoms with E-state index in [1.165, 1.54) is 10.4 Å². The van der Waals surface area contributed by atoms with E-state index in [9.17, 15) is 14.7 Å². The first kappa shape index (κ1) is 15.3. The van der Waals surface area contributed by atoms with Crippen molar-refractivity contribution < 1.29 is 14.7 Å². The van der Waals surface area contributed by atoms with Crippen molar-refractivity contribution >= 4 is 23.3 Å². The van der Waals surface area contributed by atoms with Gasteiger partial charge in [-0.1, -0.05) is 6.92 Å². The van der Waals surface area contributed by atoms with E-state index in [0.29, 0.717) is 19.5 Å². The normalized spacial score (nSPS) is 28.0. The molecular formula is C16H22N2O3S. The molecule has 3 unspecified atom stereocenters. The predicted molar refractivity (Wildman–Crippen MR) is 85.0 cm³/mol. The van der Waals surface area contributed by atoms with Crippen molar-refractivity contribution in [3.8, 4) is 0 Å². The van der Waals surface area contributed by atoms with Crippen molar-refractivity contribution in [3.05, 3.63) is 21.9 Å². The van der Waals surface area contributed by atoms with Crippen LogP contribution in [0.2, 0.25) is 0 Å². The van der Waals surface area contributed by atoms with Crippen molar-refractivity contribution in [2.24, 2.45) is 11.8 Å². The number of urea groups is 1. The fourth-order valence-corrected chi connectivity index (χ4v) is 4.56. The van der Waals surface area contributed by atoms with Crippen LogP contribution in [0.15, 0.2) is 11.4 Å². The monoisotopic (exact) mass is 322 g/mol. The number of carbonyl (C=O) groups is 2. The Labute approximate surface area is 134 Å². The van der Waals surface area contributed by atoms with E-state index >= 15 is 0 Å². The number of likely N-dealkylation sites (tertiary alicyclic amines) is 1. The SMILES string of the molecule is CC1CC(C(=O)O)CN(C(=O)NC2CCCc3sccc32)C1. The Bertz CT molecular complexity index is 571. The Morgan fingerprint density at radius 1 is 1.41 bits per heavy atom. The maximum absolute atomic E-state index is 12.5. The zero-order valence-corrected chi connectivity index (χ0v) is 13.6. The van der Waals surface area contributed by atoms with E-state index in [-0.39, 0.29) is 18.0 Å². The fraction of sp³-hybridized carbons (Fsp3) is 0.625. The Morgan fingerprint density at radius 2 is 2.23 bits per heavy atom. The second-order valence-corrected chi connectivity index (χ2v) is 7.48. The molecule has 1 fully saturated rings. The molecule has 2 aliphatic rings. The van der Waals surface area contributed by atoms with E-state index in [1.807, 2.05) is 6.92 Å². The number of thiophene rings is 1. The van der Waals surface area contributed by atoms with Crippen molar-refractivity contribution in [1.82, 2.24) is 10.2 Å². The molecule has 0 bridgehead atoms. The summed E-state index contributed by atoms with van der Waals surface area (Å²) in [4.78, 5) is 26.8. The van der Waals surface area contributed by atoms with Crippen LogP contribution in [0.25, 0.3) is 0 Å². The molecule has 1 aliphatic carbocycles. The molecule has 5 nitrogen and oxygen atoms in total. The van der Waals surface area contributed by atoms with Crippen LogP contribution >= 0.6 is 11.3 Å². The zero-order chi connectivity index (χ0) is 15.7. The number of hydrogen-bond acceptors (Lipinski definition) is 3. The summed E-state index contributed by atoms with van der Waals surface area (Å²) >= 11 is 1.75. The molecule has 1 saturated heterocycles. The predicted octanol–water partition coefficient (Wildman–Crippen LogP) is 2.88. The topological polar surface area (TPSA) is 69.6 Å². The molecule has 1 aromatic rings. The van der Waals surface area contributed by atoms with Crippen molar-refractivity contribution in [2.75, 3.05) is 13.1 Å². The highest BCUT2D eigenvalue weighted by atomic mass is 32.1. The van der Waals surface area contributed by atoms with Gasteiger partial charge in [-0.05, 0) is 48.6 Å². The smallest absolute Gasteiger partial charge is 0.317 e. The average Bonchev–Trinajstić information content (AvgIpc) is 2.96. The van der Waals surface area contributed by atoms with Crippen LogP contribution in [0.4, 0.5) is 4.79 Å². The molecule has 2 N–H and O–H groups in total. The summed E-state index contributed by atoms with van der Waals surface area (Å²) in [6.07, 6.45) is 3.80. The second kappa shape index (κ2) is 6.28.